The van der Waals surface area contributed by atoms with E-state index in [1.54, 1.807) is 43.0 Å². The van der Waals surface area contributed by atoms with Crippen molar-refractivity contribution in [1.29, 1.82) is 0 Å². The number of ether oxygens (including phenoxy) is 3. The van der Waals surface area contributed by atoms with Crippen molar-refractivity contribution < 1.29 is 28.2 Å². The van der Waals surface area contributed by atoms with Crippen LogP contribution in [0.5, 0.6) is 17.2 Å². The molecule has 0 unspecified atom stereocenters. The summed E-state index contributed by atoms with van der Waals surface area (Å²) in [5.41, 5.74) is 3.29. The first-order chi connectivity index (χ1) is 23.0. The van der Waals surface area contributed by atoms with E-state index in [4.69, 9.17) is 23.7 Å². The smallest absolute Gasteiger partial charge is 0.287 e. The van der Waals surface area contributed by atoms with Crippen molar-refractivity contribution in [2.45, 2.75) is 24.2 Å². The number of aromatic nitrogens is 3. The second kappa shape index (κ2) is 14.3. The minimum atomic E-state index is -0.391. The number of carbonyl (C=O) groups excluding carboxylic acids is 2. The summed E-state index contributed by atoms with van der Waals surface area (Å²) in [6.45, 7) is 0.0558. The number of methoxy groups -OCH3 is 3. The number of hydrogen-bond donors (Lipinski definition) is 1. The van der Waals surface area contributed by atoms with E-state index in [0.29, 0.717) is 28.8 Å². The van der Waals surface area contributed by atoms with Gasteiger partial charge in [0, 0.05) is 6.42 Å². The quantitative estimate of drug-likeness (QED) is 0.179. The lowest BCUT2D eigenvalue weighted by atomic mass is 9.98. The van der Waals surface area contributed by atoms with Gasteiger partial charge in [-0.1, -0.05) is 36.0 Å². The van der Waals surface area contributed by atoms with E-state index in [1.165, 1.54) is 18.0 Å². The molecule has 5 aromatic rings. The van der Waals surface area contributed by atoms with Gasteiger partial charge in [0.15, 0.2) is 16.7 Å². The maximum atomic E-state index is 13.9. The summed E-state index contributed by atoms with van der Waals surface area (Å²) in [5.74, 6) is 2.09. The Morgan fingerprint density at radius 2 is 1.62 bits per heavy atom. The van der Waals surface area contributed by atoms with E-state index in [2.05, 4.69) is 15.5 Å². The second-order valence-corrected chi connectivity index (χ2v) is 11.3. The normalized spacial score (nSPS) is 14.1. The Bertz CT molecular complexity index is 1870. The first-order valence-corrected chi connectivity index (χ1v) is 15.7. The zero-order valence-electron chi connectivity index (χ0n) is 26.0. The number of benzene rings is 3. The molecule has 2 amide bonds. The standard InChI is InChI=1S/C34H32N6O6S/c1-43-24-14-10-22(11-15-24)26-19-28(23-12-16-25(44-2)17-13-23)40(38-26)32(41)21-47-34-37-36-31(20-35-33(42)30-9-6-18-46-30)39(34)27-7-4-5-8-29(27)45-3/h4-18,28H,19-21H2,1-3H3,(H,35,42)/t28-/m0/s1. The molecule has 1 atom stereocenters. The van der Waals surface area contributed by atoms with E-state index in [9.17, 15) is 9.59 Å². The molecule has 0 saturated carbocycles. The summed E-state index contributed by atoms with van der Waals surface area (Å²) < 4.78 is 23.3. The summed E-state index contributed by atoms with van der Waals surface area (Å²) in [4.78, 5) is 26.5. The molecule has 0 spiro atoms. The molecule has 0 bridgehead atoms. The fraction of sp³-hybridized carbons (Fsp3) is 0.206. The molecular formula is C34H32N6O6S. The highest BCUT2D eigenvalue weighted by Gasteiger charge is 2.33. The molecule has 0 fully saturated rings. The third-order valence-corrected chi connectivity index (χ3v) is 8.51. The first kappa shape index (κ1) is 31.4. The van der Waals surface area contributed by atoms with Crippen LogP contribution in [-0.2, 0) is 11.3 Å². The van der Waals surface area contributed by atoms with Crippen LogP contribution in [0.2, 0.25) is 0 Å². The minimum Gasteiger partial charge on any atom is -0.497 e. The van der Waals surface area contributed by atoms with Crippen molar-refractivity contribution in [3.63, 3.8) is 0 Å². The SMILES string of the molecule is COc1ccc(C2=NN(C(=O)CSc3nnc(CNC(=O)c4ccco4)n3-c3ccccc3OC)[C@H](c3ccc(OC)cc3)C2)cc1. The summed E-state index contributed by atoms with van der Waals surface area (Å²) in [5, 5.41) is 18.4. The van der Waals surface area contributed by atoms with Gasteiger partial charge in [-0.05, 0) is 71.8 Å². The third kappa shape index (κ3) is 6.84. The van der Waals surface area contributed by atoms with Gasteiger partial charge in [-0.25, -0.2) is 5.01 Å². The highest BCUT2D eigenvalue weighted by Crippen LogP contribution is 2.35. The summed E-state index contributed by atoms with van der Waals surface area (Å²) in [6.07, 6.45) is 1.97. The molecule has 1 N–H and O–H groups in total. The van der Waals surface area contributed by atoms with Crippen molar-refractivity contribution in [3.05, 3.63) is 114 Å². The number of amides is 2. The number of furan rings is 1. The third-order valence-electron chi connectivity index (χ3n) is 7.59. The predicted molar refractivity (Wildman–Crippen MR) is 175 cm³/mol. The van der Waals surface area contributed by atoms with Crippen molar-refractivity contribution in [3.8, 4) is 22.9 Å². The monoisotopic (exact) mass is 652 g/mol. The number of rotatable bonds is 12. The lowest BCUT2D eigenvalue weighted by Crippen LogP contribution is -2.28. The minimum absolute atomic E-state index is 0.0259. The Balaban J connectivity index is 1.27. The molecule has 2 aromatic heterocycles. The van der Waals surface area contributed by atoms with Crippen molar-refractivity contribution in [2.24, 2.45) is 5.10 Å². The number of carbonyl (C=O) groups is 2. The van der Waals surface area contributed by atoms with E-state index in [-0.39, 0.29) is 30.0 Å². The van der Waals surface area contributed by atoms with Gasteiger partial charge in [0.25, 0.3) is 11.8 Å². The van der Waals surface area contributed by atoms with Gasteiger partial charge < -0.3 is 23.9 Å². The number of nitrogens with one attached hydrogen (secondary N) is 1. The highest BCUT2D eigenvalue weighted by atomic mass is 32.2. The Morgan fingerprint density at radius 3 is 2.30 bits per heavy atom. The maximum Gasteiger partial charge on any atom is 0.287 e. The maximum absolute atomic E-state index is 13.9. The van der Waals surface area contributed by atoms with Gasteiger partial charge in [0.1, 0.15) is 17.2 Å². The Kier molecular flexibility index (Phi) is 9.53. The fourth-order valence-corrected chi connectivity index (χ4v) is 6.01. The lowest BCUT2D eigenvalue weighted by molar-refractivity contribution is -0.130. The molecule has 6 rings (SSSR count). The Labute approximate surface area is 275 Å². The number of nitrogens with zero attached hydrogens (tertiary/aromatic N) is 5. The number of para-hydroxylation sites is 2. The van der Waals surface area contributed by atoms with Crippen LogP contribution >= 0.6 is 11.8 Å². The van der Waals surface area contributed by atoms with Gasteiger partial charge in [-0.2, -0.15) is 5.10 Å². The molecular weight excluding hydrogens is 620 g/mol. The van der Waals surface area contributed by atoms with Gasteiger partial charge in [-0.3, -0.25) is 14.2 Å². The summed E-state index contributed by atoms with van der Waals surface area (Å²) >= 11 is 1.22. The second-order valence-electron chi connectivity index (χ2n) is 10.4. The molecule has 13 heteroatoms. The van der Waals surface area contributed by atoms with Crippen LogP contribution < -0.4 is 19.5 Å². The van der Waals surface area contributed by atoms with Crippen LogP contribution in [0.1, 0.15) is 40.0 Å². The fourth-order valence-electron chi connectivity index (χ4n) is 5.20. The number of hydrazone groups is 1. The van der Waals surface area contributed by atoms with Crippen LogP contribution in [0.15, 0.2) is 106 Å². The highest BCUT2D eigenvalue weighted by molar-refractivity contribution is 7.99. The van der Waals surface area contributed by atoms with Crippen LogP contribution in [0, 0.1) is 0 Å². The predicted octanol–water partition coefficient (Wildman–Crippen LogP) is 5.29. The van der Waals surface area contributed by atoms with Crippen molar-refractivity contribution in [2.75, 3.05) is 27.1 Å². The van der Waals surface area contributed by atoms with Crippen LogP contribution in [0.3, 0.4) is 0 Å². The molecule has 1 aliphatic rings. The number of thioether (sulfide) groups is 1. The summed E-state index contributed by atoms with van der Waals surface area (Å²) in [7, 11) is 4.81. The van der Waals surface area contributed by atoms with Crippen molar-refractivity contribution >= 4 is 29.3 Å². The molecule has 1 aliphatic heterocycles. The van der Waals surface area contributed by atoms with E-state index >= 15 is 0 Å². The lowest BCUT2D eigenvalue weighted by Gasteiger charge is -2.22. The molecule has 47 heavy (non-hydrogen) atoms. The molecule has 0 radical (unpaired) electrons. The van der Waals surface area contributed by atoms with Gasteiger partial charge in [-0.15, -0.1) is 10.2 Å². The molecule has 3 aromatic carbocycles. The zero-order chi connectivity index (χ0) is 32.8. The zero-order valence-corrected chi connectivity index (χ0v) is 26.8. The van der Waals surface area contributed by atoms with Gasteiger partial charge >= 0.3 is 0 Å². The van der Waals surface area contributed by atoms with E-state index in [0.717, 1.165) is 28.3 Å². The largest absolute Gasteiger partial charge is 0.497 e. The van der Waals surface area contributed by atoms with E-state index in [1.807, 2.05) is 72.8 Å². The first-order valence-electron chi connectivity index (χ1n) is 14.7. The van der Waals surface area contributed by atoms with Crippen LogP contribution in [0.4, 0.5) is 0 Å². The van der Waals surface area contributed by atoms with Crippen LogP contribution in [0.25, 0.3) is 5.69 Å². The molecule has 12 nitrogen and oxygen atoms in total. The van der Waals surface area contributed by atoms with E-state index < -0.39 is 5.91 Å². The molecule has 240 valence electrons. The Morgan fingerprint density at radius 1 is 0.894 bits per heavy atom. The Hall–Kier alpha value is -5.56. The number of hydrogen-bond acceptors (Lipinski definition) is 10. The van der Waals surface area contributed by atoms with Gasteiger partial charge in [0.05, 0.1) is 57.3 Å². The summed E-state index contributed by atoms with van der Waals surface area (Å²) in [6, 6.07) is 25.6. The van der Waals surface area contributed by atoms with Gasteiger partial charge in [0.2, 0.25) is 0 Å². The van der Waals surface area contributed by atoms with Crippen molar-refractivity contribution in [1.82, 2.24) is 25.1 Å². The topological polar surface area (TPSA) is 133 Å². The average molecular weight is 653 g/mol. The molecule has 0 aliphatic carbocycles. The van der Waals surface area contributed by atoms with Crippen LogP contribution in [-0.4, -0.2) is 64.4 Å². The average Bonchev–Trinajstić information content (AvgIpc) is 3.90. The molecule has 0 saturated heterocycles. The molecule has 3 heterocycles.